The van der Waals surface area contributed by atoms with Crippen LogP contribution in [0.3, 0.4) is 0 Å². The largest absolute Gasteiger partial charge is 0.380 e. The molecule has 3 N–H and O–H groups in total. The molecule has 1 fully saturated rings. The van der Waals surface area contributed by atoms with E-state index in [1.54, 1.807) is 6.07 Å². The Morgan fingerprint density at radius 2 is 1.93 bits per heavy atom. The maximum Gasteiger partial charge on any atom is 0.254 e. The average molecular weight is 413 g/mol. The molecule has 1 aromatic carbocycles. The minimum Gasteiger partial charge on any atom is -0.380 e. The first-order chi connectivity index (χ1) is 14.0. The lowest BCUT2D eigenvalue weighted by Gasteiger charge is -2.22. The molecule has 29 heavy (non-hydrogen) atoms. The number of thiophene rings is 1. The van der Waals surface area contributed by atoms with Gasteiger partial charge in [-0.2, -0.15) is 5.26 Å². The van der Waals surface area contributed by atoms with E-state index >= 15 is 0 Å². The van der Waals surface area contributed by atoms with Crippen molar-refractivity contribution in [3.05, 3.63) is 57.3 Å². The number of aliphatic hydroxyl groups excluding tert-OH is 2. The minimum atomic E-state index is -1.80. The van der Waals surface area contributed by atoms with Gasteiger partial charge >= 0.3 is 0 Å². The summed E-state index contributed by atoms with van der Waals surface area (Å²) in [4.78, 5) is 26.6. The highest BCUT2D eigenvalue weighted by Crippen LogP contribution is 2.20. The van der Waals surface area contributed by atoms with Gasteiger partial charge in [0.1, 0.15) is 0 Å². The van der Waals surface area contributed by atoms with E-state index in [2.05, 4.69) is 11.4 Å². The van der Waals surface area contributed by atoms with Crippen molar-refractivity contribution in [1.29, 1.82) is 5.26 Å². The summed E-state index contributed by atoms with van der Waals surface area (Å²) < 4.78 is 0. The summed E-state index contributed by atoms with van der Waals surface area (Å²) in [6, 6.07) is 11.5. The highest BCUT2D eigenvalue weighted by Gasteiger charge is 2.34. The fraction of sp³-hybridized carbons (Fsp3) is 0.381. The van der Waals surface area contributed by atoms with Crippen LogP contribution in [0.5, 0.6) is 0 Å². The van der Waals surface area contributed by atoms with Gasteiger partial charge in [-0.25, -0.2) is 0 Å². The zero-order valence-electron chi connectivity index (χ0n) is 15.9. The normalized spacial score (nSPS) is 15.6. The zero-order valence-corrected chi connectivity index (χ0v) is 16.7. The van der Waals surface area contributed by atoms with Gasteiger partial charge in [0.25, 0.3) is 11.8 Å². The lowest BCUT2D eigenvalue weighted by molar-refractivity contribution is -0.152. The average Bonchev–Trinajstić information content (AvgIpc) is 3.43. The second kappa shape index (κ2) is 9.65. The van der Waals surface area contributed by atoms with Crippen LogP contribution in [0.25, 0.3) is 0 Å². The Balaban J connectivity index is 1.53. The summed E-state index contributed by atoms with van der Waals surface area (Å²) in [6.45, 7) is 1.26. The van der Waals surface area contributed by atoms with Crippen LogP contribution in [0.1, 0.15) is 34.4 Å². The monoisotopic (exact) mass is 413 g/mol. The number of nitriles is 1. The van der Waals surface area contributed by atoms with Crippen molar-refractivity contribution in [2.45, 2.75) is 38.0 Å². The number of nitrogens with one attached hydrogen (secondary N) is 1. The number of aliphatic hydroxyl groups is 2. The molecule has 152 valence electrons. The van der Waals surface area contributed by atoms with Gasteiger partial charge in [0.2, 0.25) is 0 Å². The van der Waals surface area contributed by atoms with Crippen LogP contribution in [-0.4, -0.2) is 52.2 Å². The van der Waals surface area contributed by atoms with Crippen LogP contribution in [0.4, 0.5) is 0 Å². The number of carbonyl (C=O) groups excluding carboxylic acids is 2. The first-order valence-electron chi connectivity index (χ1n) is 9.46. The number of benzene rings is 1. The molecule has 2 unspecified atom stereocenters. The Morgan fingerprint density at radius 3 is 2.66 bits per heavy atom. The lowest BCUT2D eigenvalue weighted by Crippen LogP contribution is -2.50. The maximum absolute atomic E-state index is 12.1. The number of carbonyl (C=O) groups is 2. The highest BCUT2D eigenvalue weighted by molar-refractivity contribution is 7.10. The van der Waals surface area contributed by atoms with Gasteiger partial charge in [-0.1, -0.05) is 18.2 Å². The Kier molecular flexibility index (Phi) is 6.99. The van der Waals surface area contributed by atoms with E-state index in [1.807, 2.05) is 29.6 Å². The molecule has 1 aromatic heterocycles. The molecule has 1 saturated heterocycles. The molecule has 0 radical (unpaired) electrons. The maximum atomic E-state index is 12.1. The van der Waals surface area contributed by atoms with Crippen molar-refractivity contribution >= 4 is 23.2 Å². The van der Waals surface area contributed by atoms with E-state index in [-0.39, 0.29) is 6.54 Å². The van der Waals surface area contributed by atoms with Crippen molar-refractivity contribution in [2.75, 3.05) is 13.1 Å². The quantitative estimate of drug-likeness (QED) is 0.631. The summed E-state index contributed by atoms with van der Waals surface area (Å²) >= 11 is 1.45. The van der Waals surface area contributed by atoms with Crippen molar-refractivity contribution in [3.63, 3.8) is 0 Å². The molecule has 3 rings (SSSR count). The van der Waals surface area contributed by atoms with Gasteiger partial charge in [0, 0.05) is 18.0 Å². The topological polar surface area (TPSA) is 114 Å². The number of hydrogen-bond donors (Lipinski definition) is 3. The molecule has 2 amide bonds. The van der Waals surface area contributed by atoms with Gasteiger partial charge in [-0.3, -0.25) is 9.59 Å². The highest BCUT2D eigenvalue weighted by atomic mass is 32.1. The van der Waals surface area contributed by atoms with Crippen LogP contribution in [0.2, 0.25) is 0 Å². The number of rotatable bonds is 7. The number of hydrogen-bond acceptors (Lipinski definition) is 6. The number of likely N-dealkylation sites (tertiary alicyclic amines) is 1. The lowest BCUT2D eigenvalue weighted by atomic mass is 10.0. The van der Waals surface area contributed by atoms with Crippen molar-refractivity contribution in [2.24, 2.45) is 0 Å². The van der Waals surface area contributed by atoms with Gasteiger partial charge in [-0.15, -0.1) is 11.3 Å². The molecule has 1 aliphatic heterocycles. The molecule has 2 atom stereocenters. The second-order valence-electron chi connectivity index (χ2n) is 7.01. The smallest absolute Gasteiger partial charge is 0.254 e. The molecular weight excluding hydrogens is 390 g/mol. The van der Waals surface area contributed by atoms with Crippen LogP contribution >= 0.6 is 11.3 Å². The van der Waals surface area contributed by atoms with Crippen molar-refractivity contribution in [1.82, 2.24) is 10.2 Å². The first kappa shape index (κ1) is 21.0. The van der Waals surface area contributed by atoms with Crippen LogP contribution < -0.4 is 5.32 Å². The molecular formula is C21H23N3O4S. The van der Waals surface area contributed by atoms with E-state index in [0.29, 0.717) is 25.1 Å². The predicted molar refractivity (Wildman–Crippen MR) is 108 cm³/mol. The summed E-state index contributed by atoms with van der Waals surface area (Å²) in [5.41, 5.74) is 2.59. The Labute approximate surface area is 173 Å². The molecule has 0 aliphatic carbocycles. The minimum absolute atomic E-state index is 0.186. The van der Waals surface area contributed by atoms with Gasteiger partial charge < -0.3 is 20.4 Å². The number of nitrogens with zero attached hydrogens (tertiary/aromatic N) is 2. The Morgan fingerprint density at radius 1 is 1.21 bits per heavy atom. The third-order valence-electron chi connectivity index (χ3n) is 4.92. The predicted octanol–water partition coefficient (Wildman–Crippen LogP) is 1.17. The summed E-state index contributed by atoms with van der Waals surface area (Å²) in [6.07, 6.45) is -1.22. The van der Waals surface area contributed by atoms with Crippen LogP contribution in [0, 0.1) is 11.3 Å². The van der Waals surface area contributed by atoms with Crippen molar-refractivity contribution < 1.29 is 19.8 Å². The van der Waals surface area contributed by atoms with Gasteiger partial charge in [0.05, 0.1) is 18.2 Å². The first-order valence-corrected chi connectivity index (χ1v) is 10.3. The van der Waals surface area contributed by atoms with E-state index in [1.165, 1.54) is 16.2 Å². The molecule has 1 aliphatic rings. The molecule has 0 saturated carbocycles. The van der Waals surface area contributed by atoms with Gasteiger partial charge in [0.15, 0.2) is 12.2 Å². The summed E-state index contributed by atoms with van der Waals surface area (Å²) in [5.74, 6) is -1.39. The fourth-order valence-corrected chi connectivity index (χ4v) is 4.13. The SMILES string of the molecule is N#Cc1ccccc1Cc1csc(CNC(=O)C(O)C(O)C(=O)N2CCCC2)c1. The molecule has 0 bridgehead atoms. The van der Waals surface area contributed by atoms with E-state index in [9.17, 15) is 25.1 Å². The Bertz CT molecular complexity index is 915. The van der Waals surface area contributed by atoms with E-state index in [0.717, 1.165) is 28.8 Å². The van der Waals surface area contributed by atoms with Gasteiger partial charge in [-0.05, 0) is 47.9 Å². The second-order valence-corrected chi connectivity index (χ2v) is 8.00. The molecule has 7 nitrogen and oxygen atoms in total. The zero-order chi connectivity index (χ0) is 20.8. The third kappa shape index (κ3) is 5.21. The molecule has 8 heteroatoms. The van der Waals surface area contributed by atoms with E-state index < -0.39 is 24.0 Å². The van der Waals surface area contributed by atoms with Crippen LogP contribution in [-0.2, 0) is 22.6 Å². The van der Waals surface area contributed by atoms with E-state index in [4.69, 9.17) is 0 Å². The fourth-order valence-electron chi connectivity index (χ4n) is 3.30. The summed E-state index contributed by atoms with van der Waals surface area (Å²) in [5, 5.41) is 33.7. The molecule has 0 spiro atoms. The molecule has 2 heterocycles. The van der Waals surface area contributed by atoms with Crippen LogP contribution in [0.15, 0.2) is 35.7 Å². The molecule has 2 aromatic rings. The standard InChI is InChI=1S/C21H23N3O4S/c22-11-16-6-2-1-5-15(16)9-14-10-17(29-13-14)12-23-20(27)18(25)19(26)21(28)24-7-3-4-8-24/h1-2,5-6,10,13,18-19,25-26H,3-4,7-9,12H2,(H,23,27). The number of amides is 2. The summed E-state index contributed by atoms with van der Waals surface area (Å²) in [7, 11) is 0. The Hall–Kier alpha value is -2.73. The third-order valence-corrected chi connectivity index (χ3v) is 5.90. The van der Waals surface area contributed by atoms with Crippen molar-refractivity contribution in [3.8, 4) is 6.07 Å².